The van der Waals surface area contributed by atoms with Crippen LogP contribution in [0.25, 0.3) is 0 Å². The van der Waals surface area contributed by atoms with Crippen molar-refractivity contribution in [3.05, 3.63) is 11.0 Å². The number of primary amides is 1. The molecule has 0 aliphatic carbocycles. The maximum absolute atomic E-state index is 10.5. The zero-order valence-electron chi connectivity index (χ0n) is 9.66. The van der Waals surface area contributed by atoms with Crippen LogP contribution in [0.15, 0.2) is 0 Å². The van der Waals surface area contributed by atoms with Crippen LogP contribution in [0.1, 0.15) is 25.0 Å². The number of unbranched alkanes of at least 4 members (excludes halogenated alkanes) is 1. The molecule has 0 spiro atoms. The first-order valence-electron chi connectivity index (χ1n) is 5.32. The van der Waals surface area contributed by atoms with E-state index in [9.17, 15) is 4.79 Å². The van der Waals surface area contributed by atoms with Gasteiger partial charge >= 0.3 is 0 Å². The average molecular weight is 258 g/mol. The topological polar surface area (TPSA) is 107 Å². The zero-order valence-corrected chi connectivity index (χ0v) is 10.4. The lowest BCUT2D eigenvalue weighted by molar-refractivity contribution is -0.118. The van der Waals surface area contributed by atoms with Crippen molar-refractivity contribution in [2.24, 2.45) is 5.73 Å². The molecule has 0 atom stereocenters. The third-order valence-corrected chi connectivity index (χ3v) is 2.42. The summed E-state index contributed by atoms with van der Waals surface area (Å²) < 4.78 is 0. The molecular formula is C10H16ClN5O. The Hall–Kier alpha value is -1.56. The number of halogens is 1. The molecule has 1 amide bonds. The molecular weight excluding hydrogens is 242 g/mol. The Labute approximate surface area is 105 Å². The van der Waals surface area contributed by atoms with Crippen LogP contribution in [0.3, 0.4) is 0 Å². The van der Waals surface area contributed by atoms with Gasteiger partial charge in [-0.3, -0.25) is 4.79 Å². The molecule has 1 aromatic heterocycles. The first kappa shape index (κ1) is 13.5. The van der Waals surface area contributed by atoms with Crippen molar-refractivity contribution in [3.63, 3.8) is 0 Å². The van der Waals surface area contributed by atoms with Crippen LogP contribution in [-0.2, 0) is 4.79 Å². The zero-order chi connectivity index (χ0) is 12.8. The molecule has 0 unspecified atom stereocenters. The van der Waals surface area contributed by atoms with E-state index in [0.29, 0.717) is 30.2 Å². The largest absolute Gasteiger partial charge is 0.394 e. The number of hydrogen-bond donors (Lipinski definition) is 3. The van der Waals surface area contributed by atoms with Crippen molar-refractivity contribution in [2.45, 2.75) is 26.2 Å². The van der Waals surface area contributed by atoms with Crippen LogP contribution >= 0.6 is 11.6 Å². The predicted octanol–water partition coefficient (Wildman–Crippen LogP) is 1.09. The van der Waals surface area contributed by atoms with E-state index in [4.69, 9.17) is 23.1 Å². The van der Waals surface area contributed by atoms with Gasteiger partial charge in [0.1, 0.15) is 0 Å². The minimum Gasteiger partial charge on any atom is -0.394 e. The van der Waals surface area contributed by atoms with E-state index in [1.807, 2.05) is 0 Å². The highest BCUT2D eigenvalue weighted by atomic mass is 35.5. The lowest BCUT2D eigenvalue weighted by atomic mass is 10.2. The van der Waals surface area contributed by atoms with E-state index in [-0.39, 0.29) is 11.2 Å². The molecule has 0 saturated heterocycles. The Bertz CT molecular complexity index is 410. The molecule has 0 radical (unpaired) electrons. The number of rotatable bonds is 6. The molecule has 0 aromatic carbocycles. The molecule has 0 aliphatic heterocycles. The highest BCUT2D eigenvalue weighted by molar-refractivity contribution is 6.28. The molecule has 7 heteroatoms. The van der Waals surface area contributed by atoms with E-state index >= 15 is 0 Å². The van der Waals surface area contributed by atoms with Gasteiger partial charge in [0.25, 0.3) is 0 Å². The summed E-state index contributed by atoms with van der Waals surface area (Å²) in [5.41, 5.74) is 12.0. The predicted molar refractivity (Wildman–Crippen MR) is 67.7 cm³/mol. The smallest absolute Gasteiger partial charge is 0.224 e. The Morgan fingerprint density at radius 3 is 2.76 bits per heavy atom. The highest BCUT2D eigenvalue weighted by Gasteiger charge is 2.06. The molecule has 17 heavy (non-hydrogen) atoms. The van der Waals surface area contributed by atoms with E-state index in [1.54, 1.807) is 6.92 Å². The van der Waals surface area contributed by atoms with Gasteiger partial charge in [-0.05, 0) is 31.4 Å². The van der Waals surface area contributed by atoms with Crippen LogP contribution in [0.2, 0.25) is 5.28 Å². The fraction of sp³-hybridized carbons (Fsp3) is 0.500. The van der Waals surface area contributed by atoms with Crippen LogP contribution in [-0.4, -0.2) is 22.4 Å². The number of carbonyl (C=O) groups is 1. The maximum Gasteiger partial charge on any atom is 0.224 e. The minimum atomic E-state index is -0.287. The SMILES string of the molecule is Cc1nc(Cl)nc(NCCCCC(N)=O)c1N. The van der Waals surface area contributed by atoms with E-state index < -0.39 is 0 Å². The summed E-state index contributed by atoms with van der Waals surface area (Å²) in [7, 11) is 0. The summed E-state index contributed by atoms with van der Waals surface area (Å²) in [5, 5.41) is 3.22. The number of aryl methyl sites for hydroxylation is 1. The summed E-state index contributed by atoms with van der Waals surface area (Å²) in [6, 6.07) is 0. The van der Waals surface area contributed by atoms with Crippen molar-refractivity contribution < 1.29 is 4.79 Å². The van der Waals surface area contributed by atoms with Gasteiger partial charge in [-0.15, -0.1) is 0 Å². The molecule has 1 rings (SSSR count). The Morgan fingerprint density at radius 1 is 1.41 bits per heavy atom. The number of nitrogens with zero attached hydrogens (tertiary/aromatic N) is 2. The van der Waals surface area contributed by atoms with E-state index in [2.05, 4.69) is 15.3 Å². The quantitative estimate of drug-likeness (QED) is 0.522. The van der Waals surface area contributed by atoms with Crippen molar-refractivity contribution in [1.82, 2.24) is 9.97 Å². The number of carbonyl (C=O) groups excluding carboxylic acids is 1. The van der Waals surface area contributed by atoms with Crippen molar-refractivity contribution in [3.8, 4) is 0 Å². The lowest BCUT2D eigenvalue weighted by Crippen LogP contribution is -2.12. The monoisotopic (exact) mass is 257 g/mol. The standard InChI is InChI=1S/C10H16ClN5O/c1-6-8(13)9(16-10(11)15-6)14-5-3-2-4-7(12)17/h2-5,13H2,1H3,(H2,12,17)(H,14,15,16). The molecule has 0 aliphatic rings. The van der Waals surface area contributed by atoms with E-state index in [0.717, 1.165) is 12.8 Å². The number of aromatic nitrogens is 2. The first-order valence-corrected chi connectivity index (χ1v) is 5.70. The number of nitrogens with one attached hydrogen (secondary N) is 1. The van der Waals surface area contributed by atoms with Gasteiger partial charge in [0.2, 0.25) is 11.2 Å². The van der Waals surface area contributed by atoms with Gasteiger partial charge in [-0.1, -0.05) is 0 Å². The summed E-state index contributed by atoms with van der Waals surface area (Å²) in [4.78, 5) is 18.4. The average Bonchev–Trinajstić information content (AvgIpc) is 2.23. The van der Waals surface area contributed by atoms with Gasteiger partial charge in [-0.25, -0.2) is 4.98 Å². The first-order chi connectivity index (χ1) is 8.00. The Balaban J connectivity index is 2.44. The van der Waals surface area contributed by atoms with Gasteiger partial charge in [-0.2, -0.15) is 4.98 Å². The van der Waals surface area contributed by atoms with Gasteiger partial charge in [0.05, 0.1) is 11.4 Å². The van der Waals surface area contributed by atoms with Crippen LogP contribution in [0, 0.1) is 6.92 Å². The second-order valence-corrected chi connectivity index (χ2v) is 4.03. The summed E-state index contributed by atoms with van der Waals surface area (Å²) >= 11 is 5.72. The molecule has 1 heterocycles. The molecule has 0 fully saturated rings. The Morgan fingerprint density at radius 2 is 2.12 bits per heavy atom. The van der Waals surface area contributed by atoms with Crippen molar-refractivity contribution in [2.75, 3.05) is 17.6 Å². The van der Waals surface area contributed by atoms with Crippen molar-refractivity contribution >= 4 is 29.0 Å². The van der Waals surface area contributed by atoms with Gasteiger partial charge in [0, 0.05) is 13.0 Å². The molecule has 0 saturated carbocycles. The van der Waals surface area contributed by atoms with Crippen molar-refractivity contribution in [1.29, 1.82) is 0 Å². The summed E-state index contributed by atoms with van der Waals surface area (Å²) in [5.74, 6) is 0.243. The Kier molecular flexibility index (Phi) is 4.96. The second-order valence-electron chi connectivity index (χ2n) is 3.69. The van der Waals surface area contributed by atoms with Crippen LogP contribution in [0.4, 0.5) is 11.5 Å². The number of amides is 1. The normalized spacial score (nSPS) is 10.2. The molecule has 6 nitrogen and oxygen atoms in total. The fourth-order valence-corrected chi connectivity index (χ4v) is 1.52. The number of hydrogen-bond acceptors (Lipinski definition) is 5. The van der Waals surface area contributed by atoms with Crippen LogP contribution < -0.4 is 16.8 Å². The third kappa shape index (κ3) is 4.44. The van der Waals surface area contributed by atoms with Crippen LogP contribution in [0.5, 0.6) is 0 Å². The fourth-order valence-electron chi connectivity index (χ4n) is 1.31. The second kappa shape index (κ2) is 6.24. The summed E-state index contributed by atoms with van der Waals surface area (Å²) in [6.45, 7) is 2.42. The number of nitrogens with two attached hydrogens (primary N) is 2. The molecule has 1 aromatic rings. The van der Waals surface area contributed by atoms with Gasteiger partial charge < -0.3 is 16.8 Å². The highest BCUT2D eigenvalue weighted by Crippen LogP contribution is 2.20. The third-order valence-electron chi connectivity index (χ3n) is 2.25. The lowest BCUT2D eigenvalue weighted by Gasteiger charge is -2.09. The number of nitrogen functional groups attached to an aromatic ring is 1. The summed E-state index contributed by atoms with van der Waals surface area (Å²) in [6.07, 6.45) is 1.93. The molecule has 94 valence electrons. The molecule has 0 bridgehead atoms. The number of anilines is 2. The van der Waals surface area contributed by atoms with E-state index in [1.165, 1.54) is 0 Å². The maximum atomic E-state index is 10.5. The minimum absolute atomic E-state index is 0.163. The molecule has 5 N–H and O–H groups in total. The van der Waals surface area contributed by atoms with Gasteiger partial charge in [0.15, 0.2) is 5.82 Å².